The monoisotopic (exact) mass is 384 g/mol. The van der Waals surface area contributed by atoms with E-state index >= 15 is 0 Å². The number of thioether (sulfide) groups is 1. The molecule has 0 aliphatic carbocycles. The minimum absolute atomic E-state index is 0.119. The van der Waals surface area contributed by atoms with Gasteiger partial charge in [-0.1, -0.05) is 12.1 Å². The molecule has 2 heterocycles. The number of rotatable bonds is 2. The van der Waals surface area contributed by atoms with Gasteiger partial charge in [-0.3, -0.25) is 9.69 Å². The van der Waals surface area contributed by atoms with Crippen molar-refractivity contribution < 1.29 is 13.6 Å². The maximum Gasteiger partial charge on any atom is 0.242 e. The zero-order valence-electron chi connectivity index (χ0n) is 11.5. The molecule has 1 aliphatic rings. The molecule has 1 aromatic heterocycles. The van der Waals surface area contributed by atoms with Crippen LogP contribution in [0.15, 0.2) is 41.0 Å². The van der Waals surface area contributed by atoms with Crippen molar-refractivity contribution in [2.75, 3.05) is 4.90 Å². The van der Waals surface area contributed by atoms with Gasteiger partial charge in [0.05, 0.1) is 10.8 Å². The van der Waals surface area contributed by atoms with Gasteiger partial charge in [0.25, 0.3) is 0 Å². The van der Waals surface area contributed by atoms with E-state index in [0.29, 0.717) is 10.4 Å². The lowest BCUT2D eigenvalue weighted by Crippen LogP contribution is -2.31. The maximum atomic E-state index is 14.1. The van der Waals surface area contributed by atoms with Gasteiger partial charge in [0, 0.05) is 0 Å². The second kappa shape index (κ2) is 5.96. The van der Waals surface area contributed by atoms with Crippen LogP contribution >= 0.6 is 27.7 Å². The number of hydrogen-bond acceptors (Lipinski definition) is 3. The Morgan fingerprint density at radius 3 is 2.45 bits per heavy atom. The first-order chi connectivity index (χ1) is 10.5. The van der Waals surface area contributed by atoms with Crippen LogP contribution in [0.1, 0.15) is 17.9 Å². The van der Waals surface area contributed by atoms with Gasteiger partial charge in [-0.05, 0) is 47.1 Å². The molecule has 0 radical (unpaired) electrons. The van der Waals surface area contributed by atoms with E-state index in [9.17, 15) is 13.6 Å². The van der Waals surface area contributed by atoms with E-state index in [1.807, 2.05) is 0 Å². The topological polar surface area (TPSA) is 33.2 Å². The van der Waals surface area contributed by atoms with Gasteiger partial charge in [-0.2, -0.15) is 0 Å². The Morgan fingerprint density at radius 2 is 1.82 bits per heavy atom. The largest absolute Gasteiger partial charge is 0.279 e. The summed E-state index contributed by atoms with van der Waals surface area (Å²) < 4.78 is 28.8. The molecule has 3 rings (SSSR count). The third-order valence-electron chi connectivity index (χ3n) is 3.35. The third-order valence-corrected chi connectivity index (χ3v) is 5.10. The molecule has 2 atom stereocenters. The lowest BCUT2D eigenvalue weighted by Gasteiger charge is -2.24. The molecule has 2 aromatic rings. The van der Waals surface area contributed by atoms with Crippen molar-refractivity contribution in [1.82, 2.24) is 4.98 Å². The first-order valence-corrected chi connectivity index (χ1v) is 8.27. The molecule has 1 saturated heterocycles. The Kier molecular flexibility index (Phi) is 4.18. The summed E-state index contributed by atoms with van der Waals surface area (Å²) in [6, 6.07) is 8.78. The van der Waals surface area contributed by atoms with Crippen LogP contribution in [0.3, 0.4) is 0 Å². The number of nitrogens with zero attached hydrogens (tertiary/aromatic N) is 2. The first kappa shape index (κ1) is 15.4. The molecule has 7 heteroatoms. The molecule has 0 bridgehead atoms. The second-order valence-electron chi connectivity index (χ2n) is 4.79. The van der Waals surface area contributed by atoms with Crippen LogP contribution in [0, 0.1) is 11.6 Å². The van der Waals surface area contributed by atoms with Crippen molar-refractivity contribution in [2.45, 2.75) is 17.5 Å². The molecule has 1 amide bonds. The van der Waals surface area contributed by atoms with E-state index in [-0.39, 0.29) is 11.5 Å². The van der Waals surface area contributed by atoms with Crippen LogP contribution in [-0.4, -0.2) is 16.1 Å². The van der Waals surface area contributed by atoms with E-state index in [0.717, 1.165) is 0 Å². The van der Waals surface area contributed by atoms with Crippen molar-refractivity contribution in [3.05, 3.63) is 58.2 Å². The summed E-state index contributed by atoms with van der Waals surface area (Å²) in [7, 11) is 0. The molecule has 0 unspecified atom stereocenters. The van der Waals surface area contributed by atoms with Gasteiger partial charge in [-0.15, -0.1) is 11.8 Å². The lowest BCUT2D eigenvalue weighted by molar-refractivity contribution is -0.117. The molecule has 1 aromatic carbocycles. The van der Waals surface area contributed by atoms with Crippen molar-refractivity contribution in [3.63, 3.8) is 0 Å². The quantitative estimate of drug-likeness (QED) is 0.724. The highest BCUT2D eigenvalue weighted by molar-refractivity contribution is 9.10. The summed E-state index contributed by atoms with van der Waals surface area (Å²) in [6.07, 6.45) is 0. The number of carbonyl (C=O) groups is 1. The van der Waals surface area contributed by atoms with Crippen molar-refractivity contribution >= 4 is 39.4 Å². The van der Waals surface area contributed by atoms with Gasteiger partial charge in [0.2, 0.25) is 5.91 Å². The smallest absolute Gasteiger partial charge is 0.242 e. The summed E-state index contributed by atoms with van der Waals surface area (Å²) in [4.78, 5) is 18.0. The number of halogens is 3. The average Bonchev–Trinajstić information content (AvgIpc) is 2.74. The highest BCUT2D eigenvalue weighted by Gasteiger charge is 2.42. The molecule has 0 N–H and O–H groups in total. The Balaban J connectivity index is 2.11. The number of amides is 1. The minimum Gasteiger partial charge on any atom is -0.279 e. The van der Waals surface area contributed by atoms with Crippen LogP contribution in [0.25, 0.3) is 0 Å². The van der Waals surface area contributed by atoms with Gasteiger partial charge < -0.3 is 0 Å². The summed E-state index contributed by atoms with van der Waals surface area (Å²) in [5.41, 5.74) is -0.119. The predicted molar refractivity (Wildman–Crippen MR) is 85.6 cm³/mol. The maximum absolute atomic E-state index is 14.1. The fraction of sp³-hybridized carbons (Fsp3) is 0.200. The highest BCUT2D eigenvalue weighted by atomic mass is 79.9. The number of pyridine rings is 1. The molecular formula is C15H11BrF2N2OS. The van der Waals surface area contributed by atoms with E-state index in [2.05, 4.69) is 20.9 Å². The van der Waals surface area contributed by atoms with E-state index in [4.69, 9.17) is 0 Å². The Hall–Kier alpha value is -1.47. The van der Waals surface area contributed by atoms with Gasteiger partial charge in [0.15, 0.2) is 0 Å². The zero-order chi connectivity index (χ0) is 15.9. The number of anilines is 1. The molecule has 114 valence electrons. The lowest BCUT2D eigenvalue weighted by atomic mass is 10.1. The van der Waals surface area contributed by atoms with Crippen molar-refractivity contribution in [2.24, 2.45) is 0 Å². The zero-order valence-corrected chi connectivity index (χ0v) is 13.9. The predicted octanol–water partition coefficient (Wildman–Crippen LogP) is 4.29. The molecule has 1 fully saturated rings. The van der Waals surface area contributed by atoms with E-state index in [1.165, 1.54) is 34.9 Å². The first-order valence-electron chi connectivity index (χ1n) is 6.54. The Morgan fingerprint density at radius 1 is 1.18 bits per heavy atom. The molecular weight excluding hydrogens is 374 g/mol. The normalized spacial score (nSPS) is 21.5. The minimum atomic E-state index is -0.773. The average molecular weight is 385 g/mol. The number of aromatic nitrogens is 1. The molecule has 0 saturated carbocycles. The number of hydrogen-bond donors (Lipinski definition) is 0. The molecule has 0 spiro atoms. The fourth-order valence-corrected chi connectivity index (χ4v) is 3.98. The van der Waals surface area contributed by atoms with E-state index in [1.54, 1.807) is 25.1 Å². The summed E-state index contributed by atoms with van der Waals surface area (Å²) >= 11 is 4.45. The third kappa shape index (κ3) is 2.63. The van der Waals surface area contributed by atoms with Crippen molar-refractivity contribution in [3.8, 4) is 0 Å². The van der Waals surface area contributed by atoms with Crippen molar-refractivity contribution in [1.29, 1.82) is 0 Å². The standard InChI is InChI=1S/C15H11BrF2N2OS/c1-8-14(21)20(12-7-3-6-11(16)19-12)15(22-8)13-9(17)4-2-5-10(13)18/h2-8,15H,1H3/t8-,15+/m1/s1. The number of benzene rings is 1. The SMILES string of the molecule is C[C@H]1S[C@@H](c2c(F)cccc2F)N(c2cccc(Br)n2)C1=O. The Bertz CT molecular complexity index is 723. The van der Waals surface area contributed by atoms with E-state index < -0.39 is 22.3 Å². The van der Waals surface area contributed by atoms with Gasteiger partial charge in [-0.25, -0.2) is 13.8 Å². The molecule has 22 heavy (non-hydrogen) atoms. The van der Waals surface area contributed by atoms with Crippen LogP contribution in [0.5, 0.6) is 0 Å². The summed E-state index contributed by atoms with van der Waals surface area (Å²) in [6.45, 7) is 1.72. The van der Waals surface area contributed by atoms with Gasteiger partial charge in [0.1, 0.15) is 27.4 Å². The van der Waals surface area contributed by atoms with Crippen LogP contribution in [0.2, 0.25) is 0 Å². The molecule has 3 nitrogen and oxygen atoms in total. The summed E-state index contributed by atoms with van der Waals surface area (Å²) in [5.74, 6) is -1.19. The highest BCUT2D eigenvalue weighted by Crippen LogP contribution is 2.46. The van der Waals surface area contributed by atoms with Gasteiger partial charge >= 0.3 is 0 Å². The molecule has 1 aliphatic heterocycles. The summed E-state index contributed by atoms with van der Waals surface area (Å²) in [5, 5.41) is -1.17. The fourth-order valence-electron chi connectivity index (χ4n) is 2.33. The second-order valence-corrected chi connectivity index (χ2v) is 7.03. The Labute approximate surface area is 138 Å². The van der Waals surface area contributed by atoms with Crippen LogP contribution in [-0.2, 0) is 4.79 Å². The van der Waals surface area contributed by atoms with Crippen LogP contribution in [0.4, 0.5) is 14.6 Å². The van der Waals surface area contributed by atoms with Crippen LogP contribution < -0.4 is 4.90 Å². The number of carbonyl (C=O) groups excluding carboxylic acids is 1.